The van der Waals surface area contributed by atoms with E-state index < -0.39 is 0 Å². The van der Waals surface area contributed by atoms with Gasteiger partial charge in [-0.15, -0.1) is 0 Å². The quantitative estimate of drug-likeness (QED) is 0.479. The van der Waals surface area contributed by atoms with Gasteiger partial charge in [-0.05, 0) is 71.7 Å². The third-order valence-corrected chi connectivity index (χ3v) is 4.10. The number of nitrogens with zero attached hydrogens (tertiary/aromatic N) is 5. The van der Waals surface area contributed by atoms with Crippen LogP contribution in [0, 0.1) is 11.3 Å². The molecule has 7 heteroatoms. The van der Waals surface area contributed by atoms with Crippen molar-refractivity contribution < 1.29 is 0 Å². The summed E-state index contributed by atoms with van der Waals surface area (Å²) >= 11 is 5.88. The molecule has 1 aliphatic carbocycles. The zero-order chi connectivity index (χ0) is 16.2. The van der Waals surface area contributed by atoms with E-state index in [4.69, 9.17) is 17.1 Å². The lowest BCUT2D eigenvalue weighted by Gasteiger charge is -2.20. The molecule has 6 nitrogen and oxygen atoms in total. The van der Waals surface area contributed by atoms with E-state index in [0.717, 1.165) is 42.5 Å². The third-order valence-electron chi connectivity index (χ3n) is 3.85. The van der Waals surface area contributed by atoms with Crippen LogP contribution < -0.4 is 5.32 Å². The molecule has 1 heterocycles. The number of benzene rings is 1. The van der Waals surface area contributed by atoms with Gasteiger partial charge in [-0.2, -0.15) is 5.26 Å². The van der Waals surface area contributed by atoms with Gasteiger partial charge in [0.05, 0.1) is 5.56 Å². The molecule has 3 rings (SSSR count). The number of nitriles is 1. The zero-order valence-electron chi connectivity index (χ0n) is 12.3. The fraction of sp³-hybridized carbons (Fsp3) is 0.250. The van der Waals surface area contributed by atoms with Crippen LogP contribution in [0.1, 0.15) is 29.5 Å². The topological polar surface area (TPSA) is 97.5 Å². The number of rotatable bonds is 3. The van der Waals surface area contributed by atoms with Crippen LogP contribution in [0.2, 0.25) is 5.02 Å². The second-order valence-electron chi connectivity index (χ2n) is 5.26. The Balaban J connectivity index is 2.11. The van der Waals surface area contributed by atoms with E-state index in [0.29, 0.717) is 22.2 Å². The van der Waals surface area contributed by atoms with Crippen molar-refractivity contribution >= 4 is 28.9 Å². The fourth-order valence-electron chi connectivity index (χ4n) is 2.81. The van der Waals surface area contributed by atoms with Crippen LogP contribution in [0.4, 0.5) is 17.3 Å². The third kappa shape index (κ3) is 3.07. The number of azide groups is 1. The minimum atomic E-state index is 0.359. The Hall–Kier alpha value is -2.74. The summed E-state index contributed by atoms with van der Waals surface area (Å²) in [5.74, 6) is 0.774. The highest BCUT2D eigenvalue weighted by molar-refractivity contribution is 6.30. The van der Waals surface area contributed by atoms with E-state index in [9.17, 15) is 5.26 Å². The lowest BCUT2D eigenvalue weighted by atomic mass is 9.89. The van der Waals surface area contributed by atoms with Gasteiger partial charge in [0, 0.05) is 15.6 Å². The molecule has 0 radical (unpaired) electrons. The van der Waals surface area contributed by atoms with Crippen molar-refractivity contribution in [2.75, 3.05) is 5.32 Å². The van der Waals surface area contributed by atoms with Crippen LogP contribution in [0.15, 0.2) is 29.4 Å². The Morgan fingerprint density at radius 2 is 1.91 bits per heavy atom. The molecule has 0 amide bonds. The number of pyridine rings is 1. The molecular weight excluding hydrogens is 312 g/mol. The summed E-state index contributed by atoms with van der Waals surface area (Å²) in [6.07, 6.45) is 3.61. The van der Waals surface area contributed by atoms with Crippen molar-refractivity contribution in [3.8, 4) is 6.07 Å². The van der Waals surface area contributed by atoms with Crippen LogP contribution >= 0.6 is 11.6 Å². The Bertz CT molecular complexity index is 831. The zero-order valence-corrected chi connectivity index (χ0v) is 13.0. The summed E-state index contributed by atoms with van der Waals surface area (Å²) < 4.78 is 0. The summed E-state index contributed by atoms with van der Waals surface area (Å²) in [7, 11) is 0. The smallest absolute Gasteiger partial charge is 0.149 e. The van der Waals surface area contributed by atoms with Crippen LogP contribution in [0.3, 0.4) is 0 Å². The van der Waals surface area contributed by atoms with Gasteiger partial charge in [0.2, 0.25) is 0 Å². The molecule has 0 saturated heterocycles. The summed E-state index contributed by atoms with van der Waals surface area (Å²) in [5.41, 5.74) is 11.9. The molecule has 114 valence electrons. The number of halogens is 1. The highest BCUT2D eigenvalue weighted by Crippen LogP contribution is 2.35. The number of hydrogen-bond acceptors (Lipinski definition) is 4. The normalized spacial score (nSPS) is 12.7. The van der Waals surface area contributed by atoms with E-state index in [1.165, 1.54) is 0 Å². The summed E-state index contributed by atoms with van der Waals surface area (Å²) in [4.78, 5) is 7.24. The van der Waals surface area contributed by atoms with Gasteiger partial charge >= 0.3 is 0 Å². The first kappa shape index (κ1) is 15.2. The lowest BCUT2D eigenvalue weighted by Crippen LogP contribution is -2.10. The Morgan fingerprint density at radius 1 is 1.22 bits per heavy atom. The fourth-order valence-corrected chi connectivity index (χ4v) is 2.93. The Kier molecular flexibility index (Phi) is 4.33. The molecule has 0 saturated carbocycles. The standard InChI is InChI=1S/C16H13ClN6/c17-10-5-7-11(8-6-10)20-15-14(9-18)12-3-1-2-4-13(12)16(21-15)22-23-19/h5-8H,1-4H2,(H,20,21). The van der Waals surface area contributed by atoms with Crippen molar-refractivity contribution in [2.45, 2.75) is 25.7 Å². The molecule has 0 atom stereocenters. The Morgan fingerprint density at radius 3 is 2.57 bits per heavy atom. The molecular formula is C16H13ClN6. The lowest BCUT2D eigenvalue weighted by molar-refractivity contribution is 0.681. The first-order valence-electron chi connectivity index (χ1n) is 7.26. The van der Waals surface area contributed by atoms with E-state index in [2.05, 4.69) is 26.4 Å². The highest BCUT2D eigenvalue weighted by atomic mass is 35.5. The molecule has 1 aromatic carbocycles. The van der Waals surface area contributed by atoms with Gasteiger partial charge in [0.1, 0.15) is 17.7 Å². The largest absolute Gasteiger partial charge is 0.339 e. The molecule has 0 spiro atoms. The summed E-state index contributed by atoms with van der Waals surface area (Å²) in [6.45, 7) is 0. The van der Waals surface area contributed by atoms with Crippen molar-refractivity contribution in [2.24, 2.45) is 5.11 Å². The predicted molar refractivity (Wildman–Crippen MR) is 89.1 cm³/mol. The van der Waals surface area contributed by atoms with Crippen molar-refractivity contribution in [1.82, 2.24) is 4.98 Å². The maximum absolute atomic E-state index is 9.56. The molecule has 1 aliphatic rings. The van der Waals surface area contributed by atoms with Crippen LogP contribution in [-0.4, -0.2) is 4.98 Å². The van der Waals surface area contributed by atoms with Gasteiger partial charge < -0.3 is 5.32 Å². The monoisotopic (exact) mass is 324 g/mol. The van der Waals surface area contributed by atoms with Gasteiger partial charge in [0.15, 0.2) is 0 Å². The number of aromatic nitrogens is 1. The maximum Gasteiger partial charge on any atom is 0.149 e. The minimum absolute atomic E-state index is 0.359. The molecule has 0 fully saturated rings. The predicted octanol–water partition coefficient (Wildman–Crippen LogP) is 5.17. The van der Waals surface area contributed by atoms with E-state index in [1.807, 2.05) is 0 Å². The van der Waals surface area contributed by atoms with Crippen LogP contribution in [0.5, 0.6) is 0 Å². The average Bonchev–Trinajstić information content (AvgIpc) is 2.57. The highest BCUT2D eigenvalue weighted by Gasteiger charge is 2.21. The molecule has 23 heavy (non-hydrogen) atoms. The molecule has 0 bridgehead atoms. The first-order valence-corrected chi connectivity index (χ1v) is 7.64. The van der Waals surface area contributed by atoms with Gasteiger partial charge in [-0.1, -0.05) is 11.6 Å². The number of hydrogen-bond donors (Lipinski definition) is 1. The SMILES string of the molecule is N#Cc1c(Nc2ccc(Cl)cc2)nc(N=[N+]=[N-])c2c1CCCC2. The van der Waals surface area contributed by atoms with Gasteiger partial charge in [-0.3, -0.25) is 0 Å². The molecule has 0 unspecified atom stereocenters. The van der Waals surface area contributed by atoms with Crippen LogP contribution in [0.25, 0.3) is 10.4 Å². The van der Waals surface area contributed by atoms with E-state index in [-0.39, 0.29) is 0 Å². The molecule has 0 aliphatic heterocycles. The second kappa shape index (κ2) is 6.57. The van der Waals surface area contributed by atoms with Gasteiger partial charge in [0.25, 0.3) is 0 Å². The van der Waals surface area contributed by atoms with Crippen molar-refractivity contribution in [3.05, 3.63) is 56.4 Å². The van der Waals surface area contributed by atoms with Crippen LogP contribution in [-0.2, 0) is 12.8 Å². The molecule has 1 aromatic heterocycles. The average molecular weight is 325 g/mol. The molecule has 2 aromatic rings. The summed E-state index contributed by atoms with van der Waals surface area (Å²) in [6, 6.07) is 9.35. The van der Waals surface area contributed by atoms with Gasteiger partial charge in [-0.25, -0.2) is 4.98 Å². The minimum Gasteiger partial charge on any atom is -0.339 e. The van der Waals surface area contributed by atoms with E-state index in [1.54, 1.807) is 24.3 Å². The molecule has 1 N–H and O–H groups in total. The number of anilines is 2. The first-order chi connectivity index (χ1) is 11.2. The second-order valence-corrected chi connectivity index (χ2v) is 5.69. The van der Waals surface area contributed by atoms with Crippen molar-refractivity contribution in [1.29, 1.82) is 5.26 Å². The van der Waals surface area contributed by atoms with E-state index >= 15 is 0 Å². The maximum atomic E-state index is 9.56. The number of fused-ring (bicyclic) bond motifs is 1. The number of nitrogens with one attached hydrogen (secondary N) is 1. The summed E-state index contributed by atoms with van der Waals surface area (Å²) in [5, 5.41) is 17.0. The Labute approximate surface area is 138 Å². The van der Waals surface area contributed by atoms with Crippen molar-refractivity contribution in [3.63, 3.8) is 0 Å².